The first-order chi connectivity index (χ1) is 7.79. The summed E-state index contributed by atoms with van der Waals surface area (Å²) in [7, 11) is 0. The third-order valence-electron chi connectivity index (χ3n) is 3.28. The lowest BCUT2D eigenvalue weighted by Crippen LogP contribution is -2.54. The van der Waals surface area contributed by atoms with E-state index in [1.807, 2.05) is 12.3 Å². The van der Waals surface area contributed by atoms with Crippen molar-refractivity contribution in [1.82, 2.24) is 20.2 Å². The Morgan fingerprint density at radius 2 is 2.44 bits per heavy atom. The molecule has 0 spiro atoms. The molecule has 0 radical (unpaired) electrons. The Kier molecular flexibility index (Phi) is 3.85. The van der Waals surface area contributed by atoms with E-state index in [-0.39, 0.29) is 0 Å². The summed E-state index contributed by atoms with van der Waals surface area (Å²) in [5.74, 6) is 0. The normalized spacial score (nSPS) is 26.9. The van der Waals surface area contributed by atoms with Gasteiger partial charge in [-0.2, -0.15) is 0 Å². The van der Waals surface area contributed by atoms with Gasteiger partial charge in [-0.25, -0.2) is 9.97 Å². The van der Waals surface area contributed by atoms with E-state index in [1.54, 1.807) is 6.33 Å². The van der Waals surface area contributed by atoms with E-state index in [1.165, 1.54) is 6.42 Å². The summed E-state index contributed by atoms with van der Waals surface area (Å²) in [5.41, 5.74) is 1.11. The van der Waals surface area contributed by atoms with Crippen molar-refractivity contribution < 1.29 is 0 Å². The van der Waals surface area contributed by atoms with Crippen molar-refractivity contribution in [2.45, 2.75) is 38.9 Å². The number of hydrogen-bond acceptors (Lipinski definition) is 4. The van der Waals surface area contributed by atoms with Crippen molar-refractivity contribution in [3.8, 4) is 0 Å². The third kappa shape index (κ3) is 2.77. The minimum absolute atomic E-state index is 0.581. The van der Waals surface area contributed by atoms with Gasteiger partial charge in [-0.15, -0.1) is 0 Å². The minimum Gasteiger partial charge on any atom is -0.311 e. The van der Waals surface area contributed by atoms with Gasteiger partial charge in [0.05, 0.1) is 5.69 Å². The lowest BCUT2D eigenvalue weighted by molar-refractivity contribution is 0.130. The minimum atomic E-state index is 0.581. The second kappa shape index (κ2) is 5.37. The average Bonchev–Trinajstić information content (AvgIpc) is 2.33. The van der Waals surface area contributed by atoms with Crippen LogP contribution in [0.1, 0.15) is 26.0 Å². The summed E-state index contributed by atoms with van der Waals surface area (Å²) in [6, 6.07) is 3.20. The molecule has 1 aromatic rings. The van der Waals surface area contributed by atoms with Crippen molar-refractivity contribution in [3.05, 3.63) is 24.3 Å². The van der Waals surface area contributed by atoms with Crippen molar-refractivity contribution in [1.29, 1.82) is 0 Å². The smallest absolute Gasteiger partial charge is 0.115 e. The zero-order valence-corrected chi connectivity index (χ0v) is 10.1. The number of aromatic nitrogens is 2. The number of hydrogen-bond donors (Lipinski definition) is 1. The van der Waals surface area contributed by atoms with E-state index in [2.05, 4.69) is 34.0 Å². The highest BCUT2D eigenvalue weighted by Crippen LogP contribution is 2.11. The quantitative estimate of drug-likeness (QED) is 0.826. The van der Waals surface area contributed by atoms with Gasteiger partial charge in [0, 0.05) is 37.9 Å². The van der Waals surface area contributed by atoms with Crippen LogP contribution in [0.4, 0.5) is 0 Å². The fraction of sp³-hybridized carbons (Fsp3) is 0.667. The Hall–Kier alpha value is -1.00. The lowest BCUT2D eigenvalue weighted by Gasteiger charge is -2.38. The van der Waals surface area contributed by atoms with Crippen molar-refractivity contribution >= 4 is 0 Å². The van der Waals surface area contributed by atoms with E-state index < -0.39 is 0 Å². The summed E-state index contributed by atoms with van der Waals surface area (Å²) in [6.07, 6.45) is 4.62. The molecule has 2 unspecified atom stereocenters. The fourth-order valence-corrected chi connectivity index (χ4v) is 2.11. The molecule has 0 amide bonds. The molecule has 1 saturated heterocycles. The zero-order valence-electron chi connectivity index (χ0n) is 10.1. The SMILES string of the molecule is CCC1CN(Cc2ccncn2)C(C)CN1. The highest BCUT2D eigenvalue weighted by molar-refractivity contribution is 4.99. The molecule has 1 fully saturated rings. The maximum atomic E-state index is 4.28. The van der Waals surface area contributed by atoms with Crippen LogP contribution >= 0.6 is 0 Å². The van der Waals surface area contributed by atoms with Crippen LogP contribution in [0.2, 0.25) is 0 Å². The van der Waals surface area contributed by atoms with Gasteiger partial charge in [0.15, 0.2) is 0 Å². The first-order valence-electron chi connectivity index (χ1n) is 6.02. The van der Waals surface area contributed by atoms with Crippen LogP contribution < -0.4 is 5.32 Å². The Balaban J connectivity index is 1.97. The Labute approximate surface area is 97.1 Å². The molecule has 2 rings (SSSR count). The number of nitrogens with one attached hydrogen (secondary N) is 1. The third-order valence-corrected chi connectivity index (χ3v) is 3.28. The van der Waals surface area contributed by atoms with E-state index in [0.717, 1.165) is 25.3 Å². The standard InChI is InChI=1S/C12H20N4/c1-3-11-7-16(10(2)6-14-11)8-12-4-5-13-9-15-12/h4-5,9-11,14H,3,6-8H2,1-2H3. The summed E-state index contributed by atoms with van der Waals surface area (Å²) in [6.45, 7) is 7.61. The van der Waals surface area contributed by atoms with Gasteiger partial charge in [-0.3, -0.25) is 4.90 Å². The van der Waals surface area contributed by atoms with E-state index >= 15 is 0 Å². The molecule has 1 aliphatic rings. The highest BCUT2D eigenvalue weighted by Gasteiger charge is 2.23. The predicted octanol–water partition coefficient (Wildman–Crippen LogP) is 1.05. The fourth-order valence-electron chi connectivity index (χ4n) is 2.11. The monoisotopic (exact) mass is 220 g/mol. The van der Waals surface area contributed by atoms with Gasteiger partial charge in [0.25, 0.3) is 0 Å². The summed E-state index contributed by atoms with van der Waals surface area (Å²) < 4.78 is 0. The highest BCUT2D eigenvalue weighted by atomic mass is 15.2. The van der Waals surface area contributed by atoms with Crippen molar-refractivity contribution in [2.24, 2.45) is 0 Å². The first-order valence-corrected chi connectivity index (χ1v) is 6.02. The molecule has 2 heterocycles. The van der Waals surface area contributed by atoms with Crippen LogP contribution in [0.25, 0.3) is 0 Å². The largest absolute Gasteiger partial charge is 0.311 e. The molecule has 2 atom stereocenters. The molecule has 1 aromatic heterocycles. The molecule has 1 N–H and O–H groups in total. The topological polar surface area (TPSA) is 41.1 Å². The zero-order chi connectivity index (χ0) is 11.4. The summed E-state index contributed by atoms with van der Waals surface area (Å²) >= 11 is 0. The Bertz CT molecular complexity index is 314. The van der Waals surface area contributed by atoms with Crippen molar-refractivity contribution in [3.63, 3.8) is 0 Å². The predicted molar refractivity (Wildman–Crippen MR) is 64.0 cm³/mol. The van der Waals surface area contributed by atoms with Crippen LogP contribution in [-0.4, -0.2) is 40.0 Å². The van der Waals surface area contributed by atoms with Gasteiger partial charge < -0.3 is 5.32 Å². The van der Waals surface area contributed by atoms with Crippen molar-refractivity contribution in [2.75, 3.05) is 13.1 Å². The van der Waals surface area contributed by atoms with Crippen LogP contribution in [0.5, 0.6) is 0 Å². The number of nitrogens with zero attached hydrogens (tertiary/aromatic N) is 3. The molecule has 88 valence electrons. The van der Waals surface area contributed by atoms with E-state index in [0.29, 0.717) is 12.1 Å². The molecule has 0 aromatic carbocycles. The molecule has 0 saturated carbocycles. The first kappa shape index (κ1) is 11.5. The van der Waals surface area contributed by atoms with Crippen LogP contribution in [0, 0.1) is 0 Å². The molecule has 4 heteroatoms. The Morgan fingerprint density at radius 3 is 3.12 bits per heavy atom. The molecule has 16 heavy (non-hydrogen) atoms. The number of piperazine rings is 1. The Morgan fingerprint density at radius 1 is 1.56 bits per heavy atom. The van der Waals surface area contributed by atoms with Gasteiger partial charge in [0.1, 0.15) is 6.33 Å². The van der Waals surface area contributed by atoms with Gasteiger partial charge in [-0.1, -0.05) is 6.92 Å². The second-order valence-electron chi connectivity index (χ2n) is 4.49. The lowest BCUT2D eigenvalue weighted by atomic mass is 10.1. The summed E-state index contributed by atoms with van der Waals surface area (Å²) in [5, 5.41) is 3.56. The van der Waals surface area contributed by atoms with Gasteiger partial charge in [0.2, 0.25) is 0 Å². The van der Waals surface area contributed by atoms with Crippen LogP contribution in [0.3, 0.4) is 0 Å². The average molecular weight is 220 g/mol. The molecule has 0 aliphatic carbocycles. The van der Waals surface area contributed by atoms with E-state index in [4.69, 9.17) is 0 Å². The van der Waals surface area contributed by atoms with Crippen LogP contribution in [-0.2, 0) is 6.54 Å². The number of rotatable bonds is 3. The maximum absolute atomic E-state index is 4.28. The second-order valence-corrected chi connectivity index (χ2v) is 4.49. The molecular formula is C12H20N4. The van der Waals surface area contributed by atoms with Crippen LogP contribution in [0.15, 0.2) is 18.6 Å². The maximum Gasteiger partial charge on any atom is 0.115 e. The van der Waals surface area contributed by atoms with Gasteiger partial charge >= 0.3 is 0 Å². The molecular weight excluding hydrogens is 200 g/mol. The summed E-state index contributed by atoms with van der Waals surface area (Å²) in [4.78, 5) is 10.7. The molecule has 4 nitrogen and oxygen atoms in total. The molecule has 0 bridgehead atoms. The van der Waals surface area contributed by atoms with Gasteiger partial charge in [-0.05, 0) is 19.4 Å². The molecule has 1 aliphatic heterocycles. The van der Waals surface area contributed by atoms with E-state index in [9.17, 15) is 0 Å².